The van der Waals surface area contributed by atoms with Gasteiger partial charge in [-0.15, -0.1) is 0 Å². The first-order valence-corrected chi connectivity index (χ1v) is 48.1. The number of nitrogens with two attached hydrogens (primary N) is 2. The van der Waals surface area contributed by atoms with Crippen molar-refractivity contribution in [2.45, 2.75) is 334 Å². The average Bonchev–Trinajstić information content (AvgIpc) is 1.55. The molecular weight excluding hydrogens is 1700 g/mol. The Labute approximate surface area is 765 Å². The second-order valence-electron chi connectivity index (χ2n) is 39.4. The molecule has 4 aliphatic heterocycles. The van der Waals surface area contributed by atoms with Crippen molar-refractivity contribution in [3.05, 3.63) is 117 Å². The lowest BCUT2D eigenvalue weighted by molar-refractivity contribution is -0.306. The minimum Gasteiger partial charge on any atom is -0.508 e. The van der Waals surface area contributed by atoms with E-state index in [9.17, 15) is 33.9 Å². The Bertz CT molecular complexity index is 4410. The molecule has 127 heavy (non-hydrogen) atoms. The van der Waals surface area contributed by atoms with Crippen LogP contribution in [0.4, 0.5) is 9.59 Å². The van der Waals surface area contributed by atoms with Crippen LogP contribution >= 0.6 is 28.1 Å². The maximum atomic E-state index is 13.7. The first-order valence-electron chi connectivity index (χ1n) is 46.8. The first-order chi connectivity index (χ1) is 60.9. The fourth-order valence-electron chi connectivity index (χ4n) is 24.7. The lowest BCUT2D eigenvalue weighted by atomic mass is 9.61. The van der Waals surface area contributed by atoms with E-state index in [0.29, 0.717) is 17.3 Å². The van der Waals surface area contributed by atoms with E-state index in [1.807, 2.05) is 18.2 Å². The number of nitrogens with zero attached hydrogens (tertiary/aromatic N) is 4. The number of hydrogen-bond acceptors (Lipinski definition) is 21. The highest BCUT2D eigenvalue weighted by Gasteiger charge is 2.72. The fourth-order valence-corrected chi connectivity index (χ4v) is 25.6. The van der Waals surface area contributed by atoms with Gasteiger partial charge < -0.3 is 70.0 Å². The van der Waals surface area contributed by atoms with Gasteiger partial charge in [-0.2, -0.15) is 0 Å². The zero-order valence-corrected chi connectivity index (χ0v) is 79.8. The smallest absolute Gasteiger partial charge is 0.325 e. The lowest BCUT2D eigenvalue weighted by Crippen LogP contribution is -2.57. The zero-order valence-electron chi connectivity index (χ0n) is 77.4. The number of phenolic OH excluding ortho intramolecular Hbond substituents is 1. The molecule has 16 aliphatic rings. The monoisotopic (exact) mass is 1840 g/mol. The summed E-state index contributed by atoms with van der Waals surface area (Å²) in [4.78, 5) is 89.5. The predicted octanol–water partition coefficient (Wildman–Crippen LogP) is 14.5. The standard InChI is InChI=1S/C23H33N3O3.C23H30N2O4.C23H30N2O3S.C18H22N2O4.C5H9Br.C4H10O2.CH5N.CH4O/c1-26-20(27)23(25-21(26)24)19-13-18(29-17-5-3-4-6-17)8-7-15(19)14-22(23)11-9-16(28-2)10-12-22;1-25-20(26)23(24-21(25)27)19-13-18(29-17-5-3-4-6-17)8-7-15(19)14-22(23)11-9-16(28-2)10-12-22;1-25-20(26)23(24-21(25)29)19-13-18(28-17-5-3-4-6-17)8-7-15(19)14-22(23)11-9-16(27-2)10-12-22;1-20-15(22)18(19-16(20)23)14-9-12(21)4-3-11(14)10-17(18)7-5-13(24-2)6-8-17;6-5-3-1-2-4-5;1-4(2,3)6-5;2*1-2/h7-8,13,16-17,21,25H,3-6,9-12,14,24H2,1-2H3;7-8,13,16-17H,3-6,9-12,14H2,1-2H3,(H,24,27);7-8,13,16-17H,3-6,9-12,14H2,1-2H3,(H,24,29);3-4,9,13,21H,5-8,10H2,1-2H3,(H,19,23);5H,1-4H2;5H,1-3H3;2H2,1H3;2H,1H3. The number of ether oxygens (including phenoxy) is 7. The third kappa shape index (κ3) is 18.1. The Morgan fingerprint density at radius 1 is 0.409 bits per heavy atom. The Hall–Kier alpha value is -7.13. The number of benzene rings is 4. The maximum Gasteiger partial charge on any atom is 0.325 e. The average molecular weight is 1850 g/mol. The van der Waals surface area contributed by atoms with Crippen molar-refractivity contribution in [1.82, 2.24) is 40.9 Å². The number of halogens is 1. The molecule has 29 heteroatoms. The molecular formula is C98H143BrN10O17S. The van der Waals surface area contributed by atoms with E-state index in [4.69, 9.17) is 61.5 Å². The van der Waals surface area contributed by atoms with Gasteiger partial charge in [-0.05, 0) is 351 Å². The number of methoxy groups -OCH3 is 4. The first kappa shape index (κ1) is 97.4. The molecule has 0 aromatic heterocycles. The molecule has 12 fully saturated rings. The van der Waals surface area contributed by atoms with Crippen molar-refractivity contribution in [2.75, 3.05) is 70.8 Å². The van der Waals surface area contributed by atoms with E-state index < -0.39 is 34.0 Å². The molecule has 4 aromatic rings. The number of rotatable bonds is 10. The number of nitrogens with one attached hydrogen (secondary N) is 4. The van der Waals surface area contributed by atoms with Gasteiger partial charge in [0.05, 0.1) is 48.3 Å². The van der Waals surface area contributed by atoms with Gasteiger partial charge in [-0.25, -0.2) is 14.5 Å². The largest absolute Gasteiger partial charge is 0.508 e. The normalized spacial score (nSPS) is 32.6. The Kier molecular flexibility index (Phi) is 30.8. The fraction of sp³-hybridized carbons (Fsp3) is 0.684. The van der Waals surface area contributed by atoms with Crippen LogP contribution in [-0.2, 0) is 90.9 Å². The summed E-state index contributed by atoms with van der Waals surface area (Å²) in [5, 5.41) is 38.6. The molecule has 700 valence electrons. The Balaban J connectivity index is 0.000000137. The molecule has 8 amide bonds. The van der Waals surface area contributed by atoms with Crippen LogP contribution in [-0.4, -0.2) is 206 Å². The van der Waals surface area contributed by atoms with Crippen LogP contribution in [0.2, 0.25) is 0 Å². The maximum absolute atomic E-state index is 13.7. The Morgan fingerprint density at radius 2 is 0.685 bits per heavy atom. The van der Waals surface area contributed by atoms with Crippen molar-refractivity contribution >= 4 is 69.0 Å². The van der Waals surface area contributed by atoms with Gasteiger partial charge in [0, 0.05) is 90.2 Å². The van der Waals surface area contributed by atoms with E-state index in [1.54, 1.807) is 92.3 Å². The number of phenols is 1. The van der Waals surface area contributed by atoms with Gasteiger partial charge in [0.15, 0.2) is 21.7 Å². The predicted molar refractivity (Wildman–Crippen MR) is 492 cm³/mol. The molecule has 5 atom stereocenters. The molecule has 4 aromatic carbocycles. The van der Waals surface area contributed by atoms with Crippen molar-refractivity contribution in [3.63, 3.8) is 0 Å². The third-order valence-corrected chi connectivity index (χ3v) is 32.9. The van der Waals surface area contributed by atoms with E-state index in [-0.39, 0.29) is 93.6 Å². The topological polar surface area (TPSA) is 350 Å². The number of imide groups is 2. The van der Waals surface area contributed by atoms with Crippen LogP contribution in [0.25, 0.3) is 0 Å². The summed E-state index contributed by atoms with van der Waals surface area (Å²) in [6.45, 7) is 5.31. The van der Waals surface area contributed by atoms with Crippen LogP contribution < -0.4 is 46.9 Å². The van der Waals surface area contributed by atoms with Crippen molar-refractivity contribution in [1.29, 1.82) is 0 Å². The van der Waals surface area contributed by atoms with E-state index in [1.165, 1.54) is 99.2 Å². The van der Waals surface area contributed by atoms with Crippen LogP contribution in [0.3, 0.4) is 0 Å². The molecule has 0 bridgehead atoms. The molecule has 8 spiro atoms. The lowest BCUT2D eigenvalue weighted by Gasteiger charge is -2.46. The third-order valence-electron chi connectivity index (χ3n) is 31.6. The minimum atomic E-state index is -1.06. The summed E-state index contributed by atoms with van der Waals surface area (Å²) in [6.07, 6.45) is 39.1. The number of hydrogen-bond donors (Lipinski definition) is 9. The number of aromatic hydroxyl groups is 1. The van der Waals surface area contributed by atoms with Crippen LogP contribution in [0.15, 0.2) is 72.8 Å². The molecule has 11 N–H and O–H groups in total. The summed E-state index contributed by atoms with van der Waals surface area (Å²) < 4.78 is 41.2. The number of aliphatic hydroxyl groups is 1. The molecule has 5 unspecified atom stereocenters. The second-order valence-corrected chi connectivity index (χ2v) is 41.1. The van der Waals surface area contributed by atoms with Crippen LogP contribution in [0, 0.1) is 21.7 Å². The number of thiocarbonyl (C=S) groups is 1. The highest BCUT2D eigenvalue weighted by atomic mass is 79.9. The van der Waals surface area contributed by atoms with Gasteiger partial charge >= 0.3 is 12.1 Å². The van der Waals surface area contributed by atoms with Crippen molar-refractivity contribution < 1.29 is 82.3 Å². The highest BCUT2D eigenvalue weighted by Crippen LogP contribution is 2.65. The molecule has 12 aliphatic carbocycles. The van der Waals surface area contributed by atoms with Crippen molar-refractivity contribution in [2.24, 2.45) is 33.1 Å². The minimum absolute atomic E-state index is 0.0788. The summed E-state index contributed by atoms with van der Waals surface area (Å²) in [5.74, 6) is 2.53. The number of alkyl halides is 1. The molecule has 4 heterocycles. The van der Waals surface area contributed by atoms with Gasteiger partial charge in [0.1, 0.15) is 34.8 Å². The summed E-state index contributed by atoms with van der Waals surface area (Å²) >= 11 is 9.08. The number of amides is 8. The molecule has 0 radical (unpaired) electrons. The number of urea groups is 2. The van der Waals surface area contributed by atoms with Gasteiger partial charge in [-0.1, -0.05) is 53.0 Å². The number of aliphatic hydroxyl groups excluding tert-OH is 1. The molecule has 27 nitrogen and oxygen atoms in total. The molecule has 4 saturated heterocycles. The van der Waals surface area contributed by atoms with E-state index in [0.717, 1.165) is 230 Å². The van der Waals surface area contributed by atoms with E-state index >= 15 is 0 Å². The SMILES string of the molecule is BrC1CCCC1.CC(C)(C)OO.CN.CO.COC1CCC2(CC1)Cc1ccc(O)cc1C21NC(=O)N(C)C1=O.COC1CCC2(CC1)Cc1ccc(OC3CCCC3)cc1C21NC(=O)N(C)C1=O.COC1CCC2(CC1)Cc1ccc(OC3CCCC3)cc1C21NC(=S)N(C)C1=O.COC1CCC2(CC1)Cc1ccc(OC3CCCC3)cc1C21NC(N)N(C)C1=O. The highest BCUT2D eigenvalue weighted by molar-refractivity contribution is 9.09. The molecule has 20 rings (SSSR count). The summed E-state index contributed by atoms with van der Waals surface area (Å²) in [7, 11) is 16.2. The second kappa shape index (κ2) is 40.1. The molecule has 8 saturated carbocycles. The summed E-state index contributed by atoms with van der Waals surface area (Å²) in [5.41, 5.74) is 14.4. The summed E-state index contributed by atoms with van der Waals surface area (Å²) in [6, 6.07) is 23.4. The Morgan fingerprint density at radius 3 is 0.937 bits per heavy atom. The van der Waals surface area contributed by atoms with Crippen molar-refractivity contribution in [3.8, 4) is 23.0 Å². The quantitative estimate of drug-likeness (QED) is 0.0234. The van der Waals surface area contributed by atoms with Gasteiger partial charge in [0.25, 0.3) is 17.7 Å². The number of fused-ring (bicyclic) bond motifs is 12. The van der Waals surface area contributed by atoms with E-state index in [2.05, 4.69) is 90.3 Å². The van der Waals surface area contributed by atoms with Crippen LogP contribution in [0.1, 0.15) is 271 Å². The van der Waals surface area contributed by atoms with Crippen LogP contribution in [0.5, 0.6) is 23.0 Å². The number of carbonyl (C=O) groups excluding carboxylic acids is 6. The van der Waals surface area contributed by atoms with Gasteiger partial charge in [0.2, 0.25) is 5.91 Å². The number of carbonyl (C=O) groups is 6. The van der Waals surface area contributed by atoms with Gasteiger partial charge in [-0.3, -0.25) is 50.2 Å². The zero-order chi connectivity index (χ0) is 91.4. The number of likely N-dealkylation sites (N-methyl/N-ethyl adjacent to an activating group) is 4.